The molecule has 0 aliphatic rings. The molecular formula is C10H13NO2. The van der Waals surface area contributed by atoms with Crippen molar-refractivity contribution in [2.75, 3.05) is 0 Å². The first kappa shape index (κ1) is 9.58. The monoisotopic (exact) mass is 179 g/mol. The number of hydrogen-bond donors (Lipinski definition) is 1. The van der Waals surface area contributed by atoms with Crippen LogP contribution in [0.3, 0.4) is 0 Å². The van der Waals surface area contributed by atoms with Gasteiger partial charge in [-0.1, -0.05) is 17.7 Å². The molecule has 1 aromatic carbocycles. The summed E-state index contributed by atoms with van der Waals surface area (Å²) in [6.45, 7) is 3.61. The Balaban J connectivity index is 2.64. The van der Waals surface area contributed by atoms with Gasteiger partial charge < -0.3 is 10.5 Å². The maximum Gasteiger partial charge on any atom is 0.258 e. The second-order valence-electron chi connectivity index (χ2n) is 2.98. The Morgan fingerprint density at radius 2 is 1.92 bits per heavy atom. The Hall–Kier alpha value is -1.51. The summed E-state index contributed by atoms with van der Waals surface area (Å²) >= 11 is 0. The van der Waals surface area contributed by atoms with E-state index in [0.717, 1.165) is 5.56 Å². The molecule has 1 rings (SSSR count). The zero-order valence-electron chi connectivity index (χ0n) is 7.78. The minimum absolute atomic E-state index is 0.458. The van der Waals surface area contributed by atoms with Crippen molar-refractivity contribution in [1.29, 1.82) is 0 Å². The summed E-state index contributed by atoms with van der Waals surface area (Å²) in [6, 6.07) is 7.47. The van der Waals surface area contributed by atoms with Crippen molar-refractivity contribution in [2.45, 2.75) is 20.0 Å². The van der Waals surface area contributed by atoms with Crippen LogP contribution >= 0.6 is 0 Å². The number of rotatable bonds is 3. The number of benzene rings is 1. The molecule has 0 aliphatic carbocycles. The summed E-state index contributed by atoms with van der Waals surface area (Å²) in [6.07, 6.45) is -0.581. The van der Waals surface area contributed by atoms with Gasteiger partial charge >= 0.3 is 0 Å². The molecule has 2 N–H and O–H groups in total. The van der Waals surface area contributed by atoms with Crippen molar-refractivity contribution < 1.29 is 9.53 Å². The normalized spacial score (nSPS) is 12.2. The number of aryl methyl sites for hydroxylation is 1. The molecule has 1 amide bonds. The Morgan fingerprint density at radius 1 is 1.38 bits per heavy atom. The molecule has 0 saturated heterocycles. The maximum atomic E-state index is 10.7. The molecule has 0 fully saturated rings. The largest absolute Gasteiger partial charge is 0.481 e. The van der Waals surface area contributed by atoms with Crippen molar-refractivity contribution in [2.24, 2.45) is 5.73 Å². The van der Waals surface area contributed by atoms with Gasteiger partial charge in [-0.3, -0.25) is 4.79 Å². The lowest BCUT2D eigenvalue weighted by atomic mass is 10.2. The number of ether oxygens (including phenoxy) is 1. The number of carbonyl (C=O) groups is 1. The van der Waals surface area contributed by atoms with Crippen molar-refractivity contribution in [3.05, 3.63) is 29.8 Å². The topological polar surface area (TPSA) is 52.3 Å². The Kier molecular flexibility index (Phi) is 2.90. The van der Waals surface area contributed by atoms with Gasteiger partial charge in [-0.05, 0) is 26.0 Å². The summed E-state index contributed by atoms with van der Waals surface area (Å²) in [5.41, 5.74) is 6.20. The Bertz CT molecular complexity index is 292. The van der Waals surface area contributed by atoms with Gasteiger partial charge in [0.15, 0.2) is 6.10 Å². The third-order valence-corrected chi connectivity index (χ3v) is 1.73. The van der Waals surface area contributed by atoms with Crippen LogP contribution in [0.4, 0.5) is 0 Å². The van der Waals surface area contributed by atoms with Gasteiger partial charge in [0, 0.05) is 0 Å². The first-order valence-electron chi connectivity index (χ1n) is 4.12. The minimum Gasteiger partial charge on any atom is -0.481 e. The van der Waals surface area contributed by atoms with E-state index in [9.17, 15) is 4.79 Å². The van der Waals surface area contributed by atoms with Crippen LogP contribution in [-0.2, 0) is 4.79 Å². The third kappa shape index (κ3) is 2.78. The molecule has 0 bridgehead atoms. The number of primary amides is 1. The maximum absolute atomic E-state index is 10.7. The van der Waals surface area contributed by atoms with Crippen molar-refractivity contribution in [3.63, 3.8) is 0 Å². The average Bonchev–Trinajstić information content (AvgIpc) is 2.08. The Morgan fingerprint density at radius 3 is 2.38 bits per heavy atom. The molecule has 70 valence electrons. The Labute approximate surface area is 77.5 Å². The SMILES string of the molecule is Cc1ccc(O[C@@H](C)C(N)=O)cc1. The fourth-order valence-corrected chi connectivity index (χ4v) is 0.879. The summed E-state index contributed by atoms with van der Waals surface area (Å²) in [5, 5.41) is 0. The van der Waals surface area contributed by atoms with Gasteiger partial charge in [0.1, 0.15) is 5.75 Å². The fraction of sp³-hybridized carbons (Fsp3) is 0.300. The molecule has 0 aliphatic heterocycles. The quantitative estimate of drug-likeness (QED) is 0.759. The van der Waals surface area contributed by atoms with E-state index in [0.29, 0.717) is 5.75 Å². The van der Waals surface area contributed by atoms with Gasteiger partial charge in [-0.2, -0.15) is 0 Å². The van der Waals surface area contributed by atoms with Crippen LogP contribution in [0.15, 0.2) is 24.3 Å². The van der Waals surface area contributed by atoms with E-state index >= 15 is 0 Å². The van der Waals surface area contributed by atoms with E-state index in [1.54, 1.807) is 6.92 Å². The van der Waals surface area contributed by atoms with Crippen LogP contribution < -0.4 is 10.5 Å². The number of nitrogens with two attached hydrogens (primary N) is 1. The van der Waals surface area contributed by atoms with Gasteiger partial charge in [0.2, 0.25) is 0 Å². The van der Waals surface area contributed by atoms with E-state index in [2.05, 4.69) is 0 Å². The highest BCUT2D eigenvalue weighted by Gasteiger charge is 2.09. The number of hydrogen-bond acceptors (Lipinski definition) is 2. The molecule has 0 saturated carbocycles. The molecule has 0 spiro atoms. The summed E-state index contributed by atoms with van der Waals surface area (Å²) in [5.74, 6) is 0.206. The second-order valence-corrected chi connectivity index (χ2v) is 2.98. The van der Waals surface area contributed by atoms with Crippen LogP contribution in [0, 0.1) is 6.92 Å². The van der Waals surface area contributed by atoms with Gasteiger partial charge in [-0.15, -0.1) is 0 Å². The van der Waals surface area contributed by atoms with E-state index in [1.807, 2.05) is 31.2 Å². The second kappa shape index (κ2) is 3.94. The van der Waals surface area contributed by atoms with Crippen molar-refractivity contribution in [1.82, 2.24) is 0 Å². The lowest BCUT2D eigenvalue weighted by Gasteiger charge is -2.10. The number of carbonyl (C=O) groups excluding carboxylic acids is 1. The number of amides is 1. The lowest BCUT2D eigenvalue weighted by molar-refractivity contribution is -0.123. The molecule has 0 radical (unpaired) electrons. The third-order valence-electron chi connectivity index (χ3n) is 1.73. The first-order valence-corrected chi connectivity index (χ1v) is 4.12. The molecule has 0 heterocycles. The predicted octanol–water partition coefficient (Wildman–Crippen LogP) is 1.25. The highest BCUT2D eigenvalue weighted by Crippen LogP contribution is 2.12. The molecule has 13 heavy (non-hydrogen) atoms. The van der Waals surface area contributed by atoms with Crippen LogP contribution in [0.25, 0.3) is 0 Å². The van der Waals surface area contributed by atoms with E-state index in [1.165, 1.54) is 0 Å². The highest BCUT2D eigenvalue weighted by molar-refractivity contribution is 5.78. The van der Waals surface area contributed by atoms with E-state index in [-0.39, 0.29) is 0 Å². The molecule has 3 nitrogen and oxygen atoms in total. The van der Waals surface area contributed by atoms with E-state index in [4.69, 9.17) is 10.5 Å². The van der Waals surface area contributed by atoms with Crippen LogP contribution in [-0.4, -0.2) is 12.0 Å². The molecule has 1 aromatic rings. The van der Waals surface area contributed by atoms with Crippen molar-refractivity contribution >= 4 is 5.91 Å². The van der Waals surface area contributed by atoms with Gasteiger partial charge in [0.05, 0.1) is 0 Å². The smallest absolute Gasteiger partial charge is 0.258 e. The van der Waals surface area contributed by atoms with Gasteiger partial charge in [-0.25, -0.2) is 0 Å². The first-order chi connectivity index (χ1) is 6.09. The molecular weight excluding hydrogens is 166 g/mol. The van der Waals surface area contributed by atoms with Gasteiger partial charge in [0.25, 0.3) is 5.91 Å². The van der Waals surface area contributed by atoms with Crippen molar-refractivity contribution in [3.8, 4) is 5.75 Å². The zero-order valence-corrected chi connectivity index (χ0v) is 7.78. The summed E-state index contributed by atoms with van der Waals surface area (Å²) in [7, 11) is 0. The van der Waals surface area contributed by atoms with Crippen LogP contribution in [0.5, 0.6) is 5.75 Å². The van der Waals surface area contributed by atoms with Crippen LogP contribution in [0.2, 0.25) is 0 Å². The zero-order chi connectivity index (χ0) is 9.84. The minimum atomic E-state index is -0.581. The molecule has 0 aromatic heterocycles. The molecule has 0 unspecified atom stereocenters. The summed E-state index contributed by atoms with van der Waals surface area (Å²) in [4.78, 5) is 10.7. The average molecular weight is 179 g/mol. The lowest BCUT2D eigenvalue weighted by Crippen LogP contribution is -2.30. The molecule has 3 heteroatoms. The standard InChI is InChI=1S/C10H13NO2/c1-7-3-5-9(6-4-7)13-8(2)10(11)12/h3-6,8H,1-2H3,(H2,11,12)/t8-/m0/s1. The predicted molar refractivity (Wildman–Crippen MR) is 50.5 cm³/mol. The highest BCUT2D eigenvalue weighted by atomic mass is 16.5. The van der Waals surface area contributed by atoms with Crippen LogP contribution in [0.1, 0.15) is 12.5 Å². The summed E-state index contributed by atoms with van der Waals surface area (Å²) < 4.78 is 5.26. The molecule has 1 atom stereocenters. The van der Waals surface area contributed by atoms with E-state index < -0.39 is 12.0 Å². The fourth-order valence-electron chi connectivity index (χ4n) is 0.879.